The van der Waals surface area contributed by atoms with Gasteiger partial charge in [-0.3, -0.25) is 4.79 Å². The van der Waals surface area contributed by atoms with Crippen molar-refractivity contribution in [1.29, 1.82) is 0 Å². The van der Waals surface area contributed by atoms with E-state index in [1.165, 1.54) is 5.56 Å². The lowest BCUT2D eigenvalue weighted by Crippen LogP contribution is -2.13. The van der Waals surface area contributed by atoms with Crippen LogP contribution in [-0.2, 0) is 13.0 Å². The molecule has 0 aliphatic carbocycles. The van der Waals surface area contributed by atoms with E-state index >= 15 is 0 Å². The van der Waals surface area contributed by atoms with Gasteiger partial charge in [0.2, 0.25) is 0 Å². The first kappa shape index (κ1) is 18.0. The topological polar surface area (TPSA) is 41.1 Å². The molecule has 0 aliphatic rings. The van der Waals surface area contributed by atoms with Crippen LogP contribution in [-0.4, -0.2) is 5.91 Å². The molecular weight excluding hydrogens is 344 g/mol. The van der Waals surface area contributed by atoms with Crippen molar-refractivity contribution in [3.05, 3.63) is 94.5 Å². The van der Waals surface area contributed by atoms with Crippen LogP contribution in [0.5, 0.6) is 0 Å². The van der Waals surface area contributed by atoms with E-state index in [4.69, 9.17) is 11.6 Å². The van der Waals surface area contributed by atoms with Gasteiger partial charge in [-0.2, -0.15) is 0 Å². The average molecular weight is 365 g/mol. The van der Waals surface area contributed by atoms with Crippen molar-refractivity contribution in [2.24, 2.45) is 0 Å². The molecule has 0 aliphatic heterocycles. The van der Waals surface area contributed by atoms with Crippen LogP contribution in [0, 0.1) is 0 Å². The number of aryl methyl sites for hydroxylation is 1. The lowest BCUT2D eigenvalue weighted by molar-refractivity contribution is 0.102. The molecule has 3 aromatic carbocycles. The van der Waals surface area contributed by atoms with E-state index in [0.717, 1.165) is 17.7 Å². The molecule has 3 aromatic rings. The number of amides is 1. The van der Waals surface area contributed by atoms with Crippen molar-refractivity contribution in [2.45, 2.75) is 19.9 Å². The molecule has 0 radical (unpaired) electrons. The van der Waals surface area contributed by atoms with Crippen molar-refractivity contribution >= 4 is 28.9 Å². The molecule has 0 heterocycles. The molecular formula is C22H21ClN2O. The number of carbonyl (C=O) groups excluding carboxylic acids is 1. The zero-order valence-electron chi connectivity index (χ0n) is 14.6. The highest BCUT2D eigenvalue weighted by Gasteiger charge is 2.09. The fourth-order valence-corrected chi connectivity index (χ4v) is 2.96. The molecule has 132 valence electrons. The molecule has 2 N–H and O–H groups in total. The molecule has 0 aromatic heterocycles. The monoisotopic (exact) mass is 364 g/mol. The lowest BCUT2D eigenvalue weighted by atomic mass is 10.1. The van der Waals surface area contributed by atoms with Crippen molar-refractivity contribution in [1.82, 2.24) is 0 Å². The smallest absolute Gasteiger partial charge is 0.255 e. The molecule has 0 spiro atoms. The molecule has 0 bridgehead atoms. The highest BCUT2D eigenvalue weighted by molar-refractivity contribution is 6.33. The van der Waals surface area contributed by atoms with Crippen LogP contribution in [0.2, 0.25) is 5.02 Å². The van der Waals surface area contributed by atoms with Gasteiger partial charge in [0.15, 0.2) is 0 Å². The summed E-state index contributed by atoms with van der Waals surface area (Å²) in [5.74, 6) is -0.172. The quantitative estimate of drug-likeness (QED) is 0.583. The van der Waals surface area contributed by atoms with Gasteiger partial charge in [-0.05, 0) is 47.9 Å². The van der Waals surface area contributed by atoms with E-state index in [-0.39, 0.29) is 5.91 Å². The Balaban J connectivity index is 1.70. The second-order valence-electron chi connectivity index (χ2n) is 6.00. The first-order valence-electron chi connectivity index (χ1n) is 8.64. The molecule has 4 heteroatoms. The fraction of sp³-hybridized carbons (Fsp3) is 0.136. The lowest BCUT2D eigenvalue weighted by Gasteiger charge is -2.12. The Labute approximate surface area is 159 Å². The molecule has 3 nitrogen and oxygen atoms in total. The Hall–Kier alpha value is -2.78. The van der Waals surface area contributed by atoms with Gasteiger partial charge in [0.25, 0.3) is 5.91 Å². The van der Waals surface area contributed by atoms with Crippen LogP contribution in [0.15, 0.2) is 72.8 Å². The van der Waals surface area contributed by atoms with Gasteiger partial charge in [-0.15, -0.1) is 0 Å². The van der Waals surface area contributed by atoms with Crippen molar-refractivity contribution < 1.29 is 4.79 Å². The Kier molecular flexibility index (Phi) is 5.92. The fourth-order valence-electron chi connectivity index (χ4n) is 2.78. The normalized spacial score (nSPS) is 10.4. The molecule has 0 saturated heterocycles. The predicted octanol–water partition coefficient (Wildman–Crippen LogP) is 5.77. The molecule has 3 rings (SSSR count). The summed E-state index contributed by atoms with van der Waals surface area (Å²) >= 11 is 6.11. The van der Waals surface area contributed by atoms with E-state index in [9.17, 15) is 4.79 Å². The zero-order chi connectivity index (χ0) is 18.4. The standard InChI is InChI=1S/C22H21ClN2O/c1-2-17-9-3-5-12-20(17)24-15-16-8-7-10-18(14-16)22(26)25-21-13-6-4-11-19(21)23/h3-14,24H,2,15H2,1H3,(H,25,26). The van der Waals surface area contributed by atoms with Crippen LogP contribution in [0.4, 0.5) is 11.4 Å². The minimum atomic E-state index is -0.172. The van der Waals surface area contributed by atoms with Crippen LogP contribution in [0.3, 0.4) is 0 Å². The van der Waals surface area contributed by atoms with E-state index in [1.54, 1.807) is 18.2 Å². The van der Waals surface area contributed by atoms with Gasteiger partial charge in [-0.1, -0.05) is 61.0 Å². The Morgan fingerprint density at radius 1 is 0.923 bits per heavy atom. The first-order valence-corrected chi connectivity index (χ1v) is 9.01. The summed E-state index contributed by atoms with van der Waals surface area (Å²) in [5, 5.41) is 6.83. The molecule has 0 unspecified atom stereocenters. The average Bonchev–Trinajstić information content (AvgIpc) is 2.68. The van der Waals surface area contributed by atoms with Gasteiger partial charge in [0.05, 0.1) is 10.7 Å². The van der Waals surface area contributed by atoms with E-state index in [0.29, 0.717) is 22.8 Å². The maximum absolute atomic E-state index is 12.5. The van der Waals surface area contributed by atoms with Crippen LogP contribution < -0.4 is 10.6 Å². The molecule has 0 atom stereocenters. The van der Waals surface area contributed by atoms with Gasteiger partial charge >= 0.3 is 0 Å². The first-order chi connectivity index (χ1) is 12.7. The summed E-state index contributed by atoms with van der Waals surface area (Å²) in [6.07, 6.45) is 0.976. The Morgan fingerprint density at radius 2 is 1.65 bits per heavy atom. The minimum Gasteiger partial charge on any atom is -0.381 e. The van der Waals surface area contributed by atoms with Gasteiger partial charge in [0.1, 0.15) is 0 Å². The largest absolute Gasteiger partial charge is 0.381 e. The van der Waals surface area contributed by atoms with Gasteiger partial charge < -0.3 is 10.6 Å². The number of hydrogen-bond donors (Lipinski definition) is 2. The summed E-state index contributed by atoms with van der Waals surface area (Å²) in [6, 6.07) is 23.1. The molecule has 1 amide bonds. The number of rotatable bonds is 6. The van der Waals surface area contributed by atoms with E-state index in [2.05, 4.69) is 29.7 Å². The summed E-state index contributed by atoms with van der Waals surface area (Å²) in [6.45, 7) is 2.80. The van der Waals surface area contributed by atoms with Gasteiger partial charge in [-0.25, -0.2) is 0 Å². The second-order valence-corrected chi connectivity index (χ2v) is 6.41. The Morgan fingerprint density at radius 3 is 2.42 bits per heavy atom. The highest BCUT2D eigenvalue weighted by atomic mass is 35.5. The van der Waals surface area contributed by atoms with Crippen molar-refractivity contribution in [2.75, 3.05) is 10.6 Å². The number of carbonyl (C=O) groups is 1. The maximum Gasteiger partial charge on any atom is 0.255 e. The summed E-state index contributed by atoms with van der Waals surface area (Å²) in [7, 11) is 0. The maximum atomic E-state index is 12.5. The third kappa shape index (κ3) is 4.44. The number of benzene rings is 3. The van der Waals surface area contributed by atoms with Gasteiger partial charge in [0, 0.05) is 17.8 Å². The van der Waals surface area contributed by atoms with Crippen molar-refractivity contribution in [3.8, 4) is 0 Å². The van der Waals surface area contributed by atoms with E-state index in [1.807, 2.05) is 42.5 Å². The second kappa shape index (κ2) is 8.54. The van der Waals surface area contributed by atoms with Crippen LogP contribution in [0.1, 0.15) is 28.4 Å². The van der Waals surface area contributed by atoms with Crippen LogP contribution >= 0.6 is 11.6 Å². The van der Waals surface area contributed by atoms with Crippen molar-refractivity contribution in [3.63, 3.8) is 0 Å². The SMILES string of the molecule is CCc1ccccc1NCc1cccc(C(=O)Nc2ccccc2Cl)c1. The summed E-state index contributed by atoms with van der Waals surface area (Å²) < 4.78 is 0. The van der Waals surface area contributed by atoms with Crippen LogP contribution in [0.25, 0.3) is 0 Å². The molecule has 0 saturated carbocycles. The number of halogens is 1. The highest BCUT2D eigenvalue weighted by Crippen LogP contribution is 2.21. The number of nitrogens with one attached hydrogen (secondary N) is 2. The zero-order valence-corrected chi connectivity index (χ0v) is 15.4. The number of para-hydroxylation sites is 2. The summed E-state index contributed by atoms with van der Waals surface area (Å²) in [5.41, 5.74) is 4.66. The Bertz CT molecular complexity index is 908. The summed E-state index contributed by atoms with van der Waals surface area (Å²) in [4.78, 5) is 12.5. The number of anilines is 2. The number of hydrogen-bond acceptors (Lipinski definition) is 2. The predicted molar refractivity (Wildman–Crippen MR) is 109 cm³/mol. The molecule has 0 fully saturated rings. The third-order valence-electron chi connectivity index (χ3n) is 4.19. The molecule has 26 heavy (non-hydrogen) atoms. The van der Waals surface area contributed by atoms with E-state index < -0.39 is 0 Å². The minimum absolute atomic E-state index is 0.172. The third-order valence-corrected chi connectivity index (χ3v) is 4.52.